The van der Waals surface area contributed by atoms with Gasteiger partial charge >= 0.3 is 0 Å². The summed E-state index contributed by atoms with van der Waals surface area (Å²) in [4.78, 5) is 9.24. The highest BCUT2D eigenvalue weighted by atomic mass is 16.3. The van der Waals surface area contributed by atoms with Gasteiger partial charge < -0.3 is 15.7 Å². The fraction of sp³-hybridized carbons (Fsp3) is 0.750. The molecule has 5 nitrogen and oxygen atoms in total. The highest BCUT2D eigenvalue weighted by Gasteiger charge is 2.47. The molecule has 21 heavy (non-hydrogen) atoms. The molecule has 3 N–H and O–H groups in total. The zero-order valence-electron chi connectivity index (χ0n) is 14.0. The Balaban J connectivity index is 2.24. The molecule has 1 aliphatic rings. The van der Waals surface area contributed by atoms with E-state index in [0.29, 0.717) is 0 Å². The molecule has 2 atom stereocenters. The molecule has 1 saturated carbocycles. The Kier molecular flexibility index (Phi) is 4.15. The molecule has 0 aromatic carbocycles. The van der Waals surface area contributed by atoms with Crippen molar-refractivity contribution in [3.8, 4) is 0 Å². The Labute approximate surface area is 127 Å². The minimum atomic E-state index is -0.243. The van der Waals surface area contributed by atoms with E-state index in [1.807, 2.05) is 6.07 Å². The molecule has 1 fully saturated rings. The normalized spacial score (nSPS) is 24.3. The highest BCUT2D eigenvalue weighted by Crippen LogP contribution is 2.42. The quantitative estimate of drug-likeness (QED) is 0.796. The van der Waals surface area contributed by atoms with Crippen LogP contribution in [-0.2, 0) is 5.41 Å². The lowest BCUT2D eigenvalue weighted by atomic mass is 9.64. The topological polar surface area (TPSA) is 70.1 Å². The molecule has 0 radical (unpaired) electrons. The third-order valence-electron chi connectivity index (χ3n) is 4.29. The zero-order valence-corrected chi connectivity index (χ0v) is 14.0. The summed E-state index contributed by atoms with van der Waals surface area (Å²) >= 11 is 0. The molecule has 1 heterocycles. The van der Waals surface area contributed by atoms with Gasteiger partial charge in [-0.15, -0.1) is 0 Å². The number of anilines is 2. The Morgan fingerprint density at radius 1 is 1.29 bits per heavy atom. The SMILES string of the molecule is CCNc1cc(NC2CC(O)C2(C)C)nc(C(C)(C)C)n1. The second kappa shape index (κ2) is 5.44. The van der Waals surface area contributed by atoms with Gasteiger partial charge in [-0.05, 0) is 13.3 Å². The molecule has 5 heteroatoms. The van der Waals surface area contributed by atoms with E-state index < -0.39 is 0 Å². The van der Waals surface area contributed by atoms with Crippen LogP contribution in [0.3, 0.4) is 0 Å². The van der Waals surface area contributed by atoms with Crippen molar-refractivity contribution in [2.75, 3.05) is 17.2 Å². The molecule has 1 aromatic heterocycles. The van der Waals surface area contributed by atoms with Gasteiger partial charge in [0.2, 0.25) is 0 Å². The van der Waals surface area contributed by atoms with Crippen molar-refractivity contribution in [3.05, 3.63) is 11.9 Å². The van der Waals surface area contributed by atoms with Crippen LogP contribution < -0.4 is 10.6 Å². The van der Waals surface area contributed by atoms with Crippen LogP contribution in [0.25, 0.3) is 0 Å². The summed E-state index contributed by atoms with van der Waals surface area (Å²) in [5.74, 6) is 2.49. The lowest BCUT2D eigenvalue weighted by Gasteiger charge is -2.49. The Morgan fingerprint density at radius 3 is 2.38 bits per heavy atom. The summed E-state index contributed by atoms with van der Waals surface area (Å²) in [6.07, 6.45) is 0.519. The predicted octanol–water partition coefficient (Wildman–Crippen LogP) is 2.78. The van der Waals surface area contributed by atoms with E-state index in [2.05, 4.69) is 62.1 Å². The molecule has 1 aromatic rings. The van der Waals surface area contributed by atoms with E-state index in [1.165, 1.54) is 0 Å². The number of rotatable bonds is 4. The number of nitrogens with one attached hydrogen (secondary N) is 2. The van der Waals surface area contributed by atoms with Crippen LogP contribution in [0.2, 0.25) is 0 Å². The van der Waals surface area contributed by atoms with E-state index in [4.69, 9.17) is 0 Å². The summed E-state index contributed by atoms with van der Waals surface area (Å²) in [6.45, 7) is 13.4. The molecular formula is C16H28N4O. The predicted molar refractivity (Wildman–Crippen MR) is 86.7 cm³/mol. The van der Waals surface area contributed by atoms with Gasteiger partial charge in [-0.1, -0.05) is 34.6 Å². The molecule has 0 amide bonds. The third kappa shape index (κ3) is 3.28. The molecule has 1 aliphatic carbocycles. The summed E-state index contributed by atoms with van der Waals surface area (Å²) in [5.41, 5.74) is -0.221. The van der Waals surface area contributed by atoms with Gasteiger partial charge in [0.25, 0.3) is 0 Å². The Bertz CT molecular complexity index is 507. The smallest absolute Gasteiger partial charge is 0.138 e. The number of aliphatic hydroxyl groups is 1. The summed E-state index contributed by atoms with van der Waals surface area (Å²) in [5, 5.41) is 16.6. The maximum atomic E-state index is 9.86. The second-order valence-electron chi connectivity index (χ2n) is 7.51. The van der Waals surface area contributed by atoms with E-state index in [-0.39, 0.29) is 23.0 Å². The fourth-order valence-electron chi connectivity index (χ4n) is 2.45. The largest absolute Gasteiger partial charge is 0.392 e. The number of hydrogen-bond acceptors (Lipinski definition) is 5. The first-order chi connectivity index (χ1) is 9.64. The molecular weight excluding hydrogens is 264 g/mol. The molecule has 0 spiro atoms. The Morgan fingerprint density at radius 2 is 1.90 bits per heavy atom. The van der Waals surface area contributed by atoms with E-state index >= 15 is 0 Å². The molecule has 0 aliphatic heterocycles. The van der Waals surface area contributed by atoms with Gasteiger partial charge in [0.05, 0.1) is 6.10 Å². The highest BCUT2D eigenvalue weighted by molar-refractivity contribution is 5.49. The van der Waals surface area contributed by atoms with Crippen LogP contribution in [0, 0.1) is 5.41 Å². The molecule has 0 saturated heterocycles. The van der Waals surface area contributed by atoms with Crippen LogP contribution in [0.1, 0.15) is 53.8 Å². The van der Waals surface area contributed by atoms with Gasteiger partial charge in [-0.25, -0.2) is 9.97 Å². The Hall–Kier alpha value is -1.36. The zero-order chi connectivity index (χ0) is 15.8. The van der Waals surface area contributed by atoms with Crippen molar-refractivity contribution in [1.29, 1.82) is 0 Å². The first-order valence-electron chi connectivity index (χ1n) is 7.72. The van der Waals surface area contributed by atoms with Gasteiger partial charge in [-0.3, -0.25) is 0 Å². The van der Waals surface area contributed by atoms with Crippen molar-refractivity contribution in [2.45, 2.75) is 65.5 Å². The summed E-state index contributed by atoms with van der Waals surface area (Å²) in [7, 11) is 0. The minimum Gasteiger partial charge on any atom is -0.392 e. The minimum absolute atomic E-state index is 0.101. The standard InChI is InChI=1S/C16H28N4O/c1-7-17-12-9-13(20-14(19-12)15(2,3)4)18-10-8-11(21)16(10,5)6/h9-11,21H,7-8H2,1-6H3,(H2,17,18,19,20). The van der Waals surface area contributed by atoms with E-state index in [1.54, 1.807) is 0 Å². The third-order valence-corrected chi connectivity index (χ3v) is 4.29. The molecule has 0 bridgehead atoms. The summed E-state index contributed by atoms with van der Waals surface area (Å²) in [6, 6.07) is 2.18. The number of nitrogens with zero attached hydrogens (tertiary/aromatic N) is 2. The van der Waals surface area contributed by atoms with Crippen molar-refractivity contribution < 1.29 is 5.11 Å². The van der Waals surface area contributed by atoms with E-state index in [0.717, 1.165) is 30.4 Å². The monoisotopic (exact) mass is 292 g/mol. The van der Waals surface area contributed by atoms with Gasteiger partial charge in [0, 0.05) is 29.5 Å². The average Bonchev–Trinajstić information content (AvgIpc) is 2.37. The average molecular weight is 292 g/mol. The molecule has 118 valence electrons. The summed E-state index contributed by atoms with van der Waals surface area (Å²) < 4.78 is 0. The van der Waals surface area contributed by atoms with Crippen LogP contribution >= 0.6 is 0 Å². The number of aliphatic hydroxyl groups excluding tert-OH is 1. The maximum Gasteiger partial charge on any atom is 0.138 e. The lowest BCUT2D eigenvalue weighted by molar-refractivity contribution is -0.0511. The van der Waals surface area contributed by atoms with Crippen LogP contribution in [0.15, 0.2) is 6.07 Å². The number of hydrogen-bond donors (Lipinski definition) is 3. The van der Waals surface area contributed by atoms with Crippen molar-refractivity contribution in [2.24, 2.45) is 5.41 Å². The van der Waals surface area contributed by atoms with Crippen LogP contribution in [0.5, 0.6) is 0 Å². The van der Waals surface area contributed by atoms with Gasteiger partial charge in [0.15, 0.2) is 0 Å². The van der Waals surface area contributed by atoms with Crippen LogP contribution in [-0.4, -0.2) is 33.8 Å². The van der Waals surface area contributed by atoms with E-state index in [9.17, 15) is 5.11 Å². The van der Waals surface area contributed by atoms with Crippen LogP contribution in [0.4, 0.5) is 11.6 Å². The molecule has 2 unspecified atom stereocenters. The number of aromatic nitrogens is 2. The van der Waals surface area contributed by atoms with Gasteiger partial charge in [-0.2, -0.15) is 0 Å². The lowest BCUT2D eigenvalue weighted by Crippen LogP contribution is -2.57. The van der Waals surface area contributed by atoms with Crippen molar-refractivity contribution in [1.82, 2.24) is 9.97 Å². The van der Waals surface area contributed by atoms with Crippen molar-refractivity contribution >= 4 is 11.6 Å². The first-order valence-corrected chi connectivity index (χ1v) is 7.72. The first kappa shape index (κ1) is 16.0. The van der Waals surface area contributed by atoms with Gasteiger partial charge in [0.1, 0.15) is 17.5 Å². The molecule has 2 rings (SSSR count). The van der Waals surface area contributed by atoms with Crippen molar-refractivity contribution in [3.63, 3.8) is 0 Å². The fourth-order valence-corrected chi connectivity index (χ4v) is 2.45. The maximum absolute atomic E-state index is 9.86. The second-order valence-corrected chi connectivity index (χ2v) is 7.51.